The molecular formula is C11H12ClFO2. The number of carbonyl (C=O) groups excluding carboxylic acids is 1. The third-order valence-electron chi connectivity index (χ3n) is 2.01. The van der Waals surface area contributed by atoms with E-state index in [1.54, 1.807) is 13.2 Å². The van der Waals surface area contributed by atoms with Gasteiger partial charge in [0.15, 0.2) is 0 Å². The summed E-state index contributed by atoms with van der Waals surface area (Å²) >= 11 is 5.71. The Morgan fingerprint density at radius 3 is 2.87 bits per heavy atom. The Kier molecular flexibility index (Phi) is 4.72. The van der Waals surface area contributed by atoms with Gasteiger partial charge in [-0.2, -0.15) is 0 Å². The maximum Gasteiger partial charge on any atom is 0.145 e. The zero-order valence-electron chi connectivity index (χ0n) is 8.43. The molecule has 0 amide bonds. The van der Waals surface area contributed by atoms with E-state index in [0.29, 0.717) is 25.0 Å². The molecule has 0 N–H and O–H groups in total. The van der Waals surface area contributed by atoms with E-state index in [9.17, 15) is 9.18 Å². The van der Waals surface area contributed by atoms with Crippen molar-refractivity contribution in [2.45, 2.75) is 19.4 Å². The molecular weight excluding hydrogens is 219 g/mol. The molecule has 1 aromatic rings. The molecule has 4 heteroatoms. The zero-order chi connectivity index (χ0) is 11.3. The molecule has 1 aromatic carbocycles. The van der Waals surface area contributed by atoms with E-state index in [1.807, 2.05) is 0 Å². The van der Waals surface area contributed by atoms with Gasteiger partial charge in [-0.1, -0.05) is 17.7 Å². The highest BCUT2D eigenvalue weighted by molar-refractivity contribution is 6.30. The van der Waals surface area contributed by atoms with Crippen molar-refractivity contribution in [1.82, 2.24) is 0 Å². The molecule has 0 saturated carbocycles. The molecule has 0 radical (unpaired) electrons. The fourth-order valence-corrected chi connectivity index (χ4v) is 1.62. The number of carbonyl (C=O) groups is 1. The van der Waals surface area contributed by atoms with Gasteiger partial charge in [0.1, 0.15) is 12.1 Å². The van der Waals surface area contributed by atoms with E-state index in [0.717, 1.165) is 11.8 Å². The Morgan fingerprint density at radius 1 is 1.53 bits per heavy atom. The summed E-state index contributed by atoms with van der Waals surface area (Å²) in [4.78, 5) is 10.2. The summed E-state index contributed by atoms with van der Waals surface area (Å²) < 4.78 is 18.4. The van der Waals surface area contributed by atoms with Crippen molar-refractivity contribution in [3.8, 4) is 0 Å². The lowest BCUT2D eigenvalue weighted by molar-refractivity contribution is -0.107. The Balaban J connectivity index is 2.95. The van der Waals surface area contributed by atoms with E-state index >= 15 is 0 Å². The van der Waals surface area contributed by atoms with Gasteiger partial charge in [0.25, 0.3) is 0 Å². The largest absolute Gasteiger partial charge is 0.380 e. The second-order valence-corrected chi connectivity index (χ2v) is 3.60. The molecule has 2 nitrogen and oxygen atoms in total. The number of hydrogen-bond donors (Lipinski definition) is 0. The van der Waals surface area contributed by atoms with Crippen LogP contribution in [0.4, 0.5) is 4.39 Å². The number of hydrogen-bond acceptors (Lipinski definition) is 2. The summed E-state index contributed by atoms with van der Waals surface area (Å²) in [5.41, 5.74) is 1.27. The van der Waals surface area contributed by atoms with Crippen LogP contribution in [-0.2, 0) is 22.6 Å². The van der Waals surface area contributed by atoms with Gasteiger partial charge in [0, 0.05) is 13.5 Å². The fourth-order valence-electron chi connectivity index (χ4n) is 1.35. The van der Waals surface area contributed by atoms with Crippen LogP contribution in [0.2, 0.25) is 5.02 Å². The van der Waals surface area contributed by atoms with Crippen LogP contribution in [0.1, 0.15) is 17.5 Å². The van der Waals surface area contributed by atoms with Gasteiger partial charge in [-0.3, -0.25) is 0 Å². The van der Waals surface area contributed by atoms with Crippen molar-refractivity contribution in [2.24, 2.45) is 0 Å². The topological polar surface area (TPSA) is 26.3 Å². The molecule has 0 saturated heterocycles. The van der Waals surface area contributed by atoms with Crippen LogP contribution in [0.5, 0.6) is 0 Å². The first kappa shape index (κ1) is 12.1. The van der Waals surface area contributed by atoms with Crippen molar-refractivity contribution in [3.05, 3.63) is 34.1 Å². The highest BCUT2D eigenvalue weighted by Gasteiger charge is 2.08. The average molecular weight is 231 g/mol. The smallest absolute Gasteiger partial charge is 0.145 e. The van der Waals surface area contributed by atoms with E-state index in [-0.39, 0.29) is 5.02 Å². The van der Waals surface area contributed by atoms with Crippen molar-refractivity contribution in [3.63, 3.8) is 0 Å². The van der Waals surface area contributed by atoms with Crippen molar-refractivity contribution >= 4 is 17.9 Å². The third-order valence-corrected chi connectivity index (χ3v) is 2.28. The Labute approximate surface area is 93.0 Å². The molecule has 0 fully saturated rings. The monoisotopic (exact) mass is 230 g/mol. The second kappa shape index (κ2) is 5.83. The van der Waals surface area contributed by atoms with Crippen molar-refractivity contribution in [1.29, 1.82) is 0 Å². The quantitative estimate of drug-likeness (QED) is 0.727. The van der Waals surface area contributed by atoms with Crippen LogP contribution in [0.25, 0.3) is 0 Å². The molecule has 1 rings (SSSR count). The first-order valence-electron chi connectivity index (χ1n) is 4.58. The molecule has 0 aliphatic heterocycles. The summed E-state index contributed by atoms with van der Waals surface area (Å²) in [5, 5.41) is 0.0745. The second-order valence-electron chi connectivity index (χ2n) is 3.19. The number of aldehydes is 1. The summed E-state index contributed by atoms with van der Waals surface area (Å²) in [6.45, 7) is 0.383. The SMILES string of the molecule is COCc1cc(Cl)c(F)c(CCC=O)c1. The van der Waals surface area contributed by atoms with Gasteiger partial charge >= 0.3 is 0 Å². The van der Waals surface area contributed by atoms with E-state index in [4.69, 9.17) is 16.3 Å². The zero-order valence-corrected chi connectivity index (χ0v) is 9.18. The number of aryl methyl sites for hydroxylation is 1. The summed E-state index contributed by atoms with van der Waals surface area (Å²) in [5.74, 6) is -0.446. The van der Waals surface area contributed by atoms with Gasteiger partial charge in [0.2, 0.25) is 0 Å². The first-order valence-corrected chi connectivity index (χ1v) is 4.96. The molecule has 0 aliphatic carbocycles. The highest BCUT2D eigenvalue weighted by Crippen LogP contribution is 2.22. The lowest BCUT2D eigenvalue weighted by atomic mass is 10.1. The third kappa shape index (κ3) is 3.29. The van der Waals surface area contributed by atoms with Crippen molar-refractivity contribution in [2.75, 3.05) is 7.11 Å². The van der Waals surface area contributed by atoms with E-state index in [1.165, 1.54) is 6.07 Å². The van der Waals surface area contributed by atoms with Gasteiger partial charge in [-0.05, 0) is 23.6 Å². The van der Waals surface area contributed by atoms with Crippen LogP contribution in [0.3, 0.4) is 0 Å². The number of halogens is 2. The minimum absolute atomic E-state index is 0.0745. The van der Waals surface area contributed by atoms with E-state index in [2.05, 4.69) is 0 Å². The highest BCUT2D eigenvalue weighted by atomic mass is 35.5. The van der Waals surface area contributed by atoms with Gasteiger partial charge in [-0.15, -0.1) is 0 Å². The normalized spacial score (nSPS) is 10.3. The minimum Gasteiger partial charge on any atom is -0.380 e. The molecule has 82 valence electrons. The molecule has 0 aromatic heterocycles. The Hall–Kier alpha value is -0.930. The van der Waals surface area contributed by atoms with Crippen molar-refractivity contribution < 1.29 is 13.9 Å². The van der Waals surface area contributed by atoms with Gasteiger partial charge in [-0.25, -0.2) is 4.39 Å². The maximum atomic E-state index is 13.5. The Bertz CT molecular complexity index is 353. The first-order chi connectivity index (χ1) is 7.19. The number of ether oxygens (including phenoxy) is 1. The standard InChI is InChI=1S/C11H12ClFO2/c1-15-7-8-5-9(3-2-4-14)11(13)10(12)6-8/h4-6H,2-3,7H2,1H3. The summed E-state index contributed by atoms with van der Waals surface area (Å²) in [7, 11) is 1.56. The van der Waals surface area contributed by atoms with Crippen LogP contribution < -0.4 is 0 Å². The van der Waals surface area contributed by atoms with Gasteiger partial charge in [0.05, 0.1) is 11.6 Å². The Morgan fingerprint density at radius 2 is 2.27 bits per heavy atom. The minimum atomic E-state index is -0.446. The number of methoxy groups -OCH3 is 1. The molecule has 0 atom stereocenters. The van der Waals surface area contributed by atoms with E-state index < -0.39 is 5.82 Å². The molecule has 0 aliphatic rings. The predicted molar refractivity (Wildman–Crippen MR) is 56.5 cm³/mol. The molecule has 0 bridgehead atoms. The van der Waals surface area contributed by atoms with Crippen LogP contribution in [0.15, 0.2) is 12.1 Å². The fraction of sp³-hybridized carbons (Fsp3) is 0.364. The molecule has 0 spiro atoms. The maximum absolute atomic E-state index is 13.5. The predicted octanol–water partition coefficient (Wildman–Crippen LogP) is 2.76. The lowest BCUT2D eigenvalue weighted by Gasteiger charge is -2.07. The summed E-state index contributed by atoms with van der Waals surface area (Å²) in [6, 6.07) is 3.21. The number of benzene rings is 1. The molecule has 0 heterocycles. The van der Waals surface area contributed by atoms with Crippen LogP contribution in [-0.4, -0.2) is 13.4 Å². The molecule has 15 heavy (non-hydrogen) atoms. The van der Waals surface area contributed by atoms with Gasteiger partial charge < -0.3 is 9.53 Å². The lowest BCUT2D eigenvalue weighted by Crippen LogP contribution is -1.97. The number of rotatable bonds is 5. The average Bonchev–Trinajstić information content (AvgIpc) is 2.21. The van der Waals surface area contributed by atoms with Crippen LogP contribution in [0, 0.1) is 5.82 Å². The summed E-state index contributed by atoms with van der Waals surface area (Å²) in [6.07, 6.45) is 1.42. The molecule has 0 unspecified atom stereocenters. The van der Waals surface area contributed by atoms with Crippen LogP contribution >= 0.6 is 11.6 Å².